The monoisotopic (exact) mass is 334 g/mol. The Morgan fingerprint density at radius 1 is 1.29 bits per heavy atom. The maximum Gasteiger partial charge on any atom is 0.264 e. The van der Waals surface area contributed by atoms with Crippen molar-refractivity contribution >= 4 is 5.91 Å². The molecule has 1 aromatic heterocycles. The first-order valence-corrected chi connectivity index (χ1v) is 8.84. The Balaban J connectivity index is 1.54. The Bertz CT molecular complexity index is 586. The zero-order valence-corrected chi connectivity index (χ0v) is 13.8. The van der Waals surface area contributed by atoms with Crippen molar-refractivity contribution in [1.29, 1.82) is 0 Å². The van der Waals surface area contributed by atoms with Gasteiger partial charge in [0, 0.05) is 24.9 Å². The molecule has 1 saturated carbocycles. The maximum atomic E-state index is 12.4. The molecule has 1 amide bonds. The Morgan fingerprint density at radius 2 is 2.04 bits per heavy atom. The number of aromatic nitrogens is 2. The van der Waals surface area contributed by atoms with Gasteiger partial charge in [-0.3, -0.25) is 9.59 Å². The summed E-state index contributed by atoms with van der Waals surface area (Å²) in [7, 11) is 0. The summed E-state index contributed by atoms with van der Waals surface area (Å²) in [4.78, 5) is 23.4. The van der Waals surface area contributed by atoms with Crippen LogP contribution in [0.1, 0.15) is 37.8 Å². The average molecular weight is 334 g/mol. The quantitative estimate of drug-likeness (QED) is 0.584. The number of carbonyl (C=O) groups is 1. The van der Waals surface area contributed by atoms with Crippen molar-refractivity contribution in [2.45, 2.75) is 50.7 Å². The van der Waals surface area contributed by atoms with E-state index in [1.54, 1.807) is 6.07 Å². The molecule has 1 aromatic rings. The molecule has 24 heavy (non-hydrogen) atoms. The molecule has 0 unspecified atom stereocenters. The number of aryl methyl sites for hydroxylation is 1. The van der Waals surface area contributed by atoms with E-state index in [0.29, 0.717) is 30.4 Å². The second-order valence-electron chi connectivity index (χ2n) is 6.98. The number of rotatable bonds is 6. The van der Waals surface area contributed by atoms with E-state index in [4.69, 9.17) is 0 Å². The molecule has 2 aliphatic rings. The SMILES string of the molecule is O=C(CCc1ccc(=O)[nH]n1)N[C@@H](C1CCNCC1)C1CC(O)C1. The maximum absolute atomic E-state index is 12.4. The van der Waals surface area contributed by atoms with Gasteiger partial charge >= 0.3 is 0 Å². The molecule has 0 aromatic carbocycles. The van der Waals surface area contributed by atoms with Crippen LogP contribution in [0.2, 0.25) is 0 Å². The van der Waals surface area contributed by atoms with Crippen molar-refractivity contribution in [3.05, 3.63) is 28.2 Å². The molecule has 2 heterocycles. The fourth-order valence-corrected chi connectivity index (χ4v) is 3.76. The zero-order valence-electron chi connectivity index (χ0n) is 13.8. The van der Waals surface area contributed by atoms with Gasteiger partial charge in [0.15, 0.2) is 0 Å². The van der Waals surface area contributed by atoms with Crippen molar-refractivity contribution in [2.75, 3.05) is 13.1 Å². The molecule has 2 fully saturated rings. The topological polar surface area (TPSA) is 107 Å². The minimum absolute atomic E-state index is 0.0212. The lowest BCUT2D eigenvalue weighted by molar-refractivity contribution is -0.123. The second kappa shape index (κ2) is 7.90. The molecular formula is C17H26N4O3. The minimum atomic E-state index is -0.238. The Kier molecular flexibility index (Phi) is 5.63. The second-order valence-corrected chi connectivity index (χ2v) is 6.98. The predicted octanol–water partition coefficient (Wildman–Crippen LogP) is -0.0422. The standard InChI is InChI=1S/C17H26N4O3/c22-14-9-12(10-14)17(11-5-7-18-8-6-11)19-15(23)3-1-13-2-4-16(24)21-20-13/h2,4,11-12,14,17-18,22H,1,3,5-10H2,(H,19,23)(H,21,24)/t12?,14?,17-/m0/s1. The molecule has 0 radical (unpaired) electrons. The zero-order chi connectivity index (χ0) is 16.9. The molecule has 7 heteroatoms. The van der Waals surface area contributed by atoms with Crippen LogP contribution in [-0.4, -0.2) is 46.4 Å². The molecule has 1 saturated heterocycles. The van der Waals surface area contributed by atoms with Crippen LogP contribution in [0.5, 0.6) is 0 Å². The van der Waals surface area contributed by atoms with Crippen molar-refractivity contribution < 1.29 is 9.90 Å². The Morgan fingerprint density at radius 3 is 2.67 bits per heavy atom. The molecule has 0 bridgehead atoms. The van der Waals surface area contributed by atoms with E-state index in [2.05, 4.69) is 20.8 Å². The van der Waals surface area contributed by atoms with E-state index in [1.807, 2.05) is 0 Å². The van der Waals surface area contributed by atoms with E-state index in [-0.39, 0.29) is 23.6 Å². The highest BCUT2D eigenvalue weighted by Gasteiger charge is 2.38. The predicted molar refractivity (Wildman–Crippen MR) is 89.4 cm³/mol. The third-order valence-corrected chi connectivity index (χ3v) is 5.22. The number of aliphatic hydroxyl groups excluding tert-OH is 1. The Labute approximate surface area is 141 Å². The summed E-state index contributed by atoms with van der Waals surface area (Å²) >= 11 is 0. The molecule has 132 valence electrons. The average Bonchev–Trinajstić information content (AvgIpc) is 2.57. The van der Waals surface area contributed by atoms with Gasteiger partial charge in [-0.05, 0) is 56.7 Å². The summed E-state index contributed by atoms with van der Waals surface area (Å²) in [5.41, 5.74) is 0.472. The van der Waals surface area contributed by atoms with Crippen LogP contribution in [0.3, 0.4) is 0 Å². The first-order valence-electron chi connectivity index (χ1n) is 8.84. The van der Waals surface area contributed by atoms with Gasteiger partial charge in [0.2, 0.25) is 5.91 Å². The van der Waals surface area contributed by atoms with Crippen molar-refractivity contribution in [3.63, 3.8) is 0 Å². The van der Waals surface area contributed by atoms with Crippen LogP contribution >= 0.6 is 0 Å². The van der Waals surface area contributed by atoms with Gasteiger partial charge in [0.1, 0.15) is 0 Å². The molecule has 1 atom stereocenters. The van der Waals surface area contributed by atoms with Gasteiger partial charge < -0.3 is 15.7 Å². The number of piperidine rings is 1. The van der Waals surface area contributed by atoms with Crippen LogP contribution in [0.25, 0.3) is 0 Å². The van der Waals surface area contributed by atoms with Crippen LogP contribution in [0, 0.1) is 11.8 Å². The normalized spacial score (nSPS) is 25.7. The van der Waals surface area contributed by atoms with Crippen molar-refractivity contribution in [3.8, 4) is 0 Å². The third-order valence-electron chi connectivity index (χ3n) is 5.22. The van der Waals surface area contributed by atoms with E-state index in [1.165, 1.54) is 6.07 Å². The number of nitrogens with zero attached hydrogens (tertiary/aromatic N) is 1. The van der Waals surface area contributed by atoms with Gasteiger partial charge in [0.25, 0.3) is 5.56 Å². The van der Waals surface area contributed by atoms with Gasteiger partial charge in [0.05, 0.1) is 11.8 Å². The minimum Gasteiger partial charge on any atom is -0.393 e. The lowest BCUT2D eigenvalue weighted by Gasteiger charge is -2.43. The van der Waals surface area contributed by atoms with Gasteiger partial charge in [-0.15, -0.1) is 0 Å². The van der Waals surface area contributed by atoms with Crippen LogP contribution in [0.4, 0.5) is 0 Å². The summed E-state index contributed by atoms with van der Waals surface area (Å²) in [5.74, 6) is 0.894. The third kappa shape index (κ3) is 4.42. The number of amides is 1. The molecule has 0 spiro atoms. The summed E-state index contributed by atoms with van der Waals surface area (Å²) < 4.78 is 0. The number of hydrogen-bond donors (Lipinski definition) is 4. The van der Waals surface area contributed by atoms with E-state index in [0.717, 1.165) is 38.8 Å². The van der Waals surface area contributed by atoms with Gasteiger partial charge in [-0.25, -0.2) is 5.10 Å². The van der Waals surface area contributed by atoms with Gasteiger partial charge in [-0.2, -0.15) is 5.10 Å². The number of aromatic amines is 1. The smallest absolute Gasteiger partial charge is 0.264 e. The summed E-state index contributed by atoms with van der Waals surface area (Å²) in [6, 6.07) is 3.23. The highest BCUT2D eigenvalue weighted by atomic mass is 16.3. The fraction of sp³-hybridized carbons (Fsp3) is 0.706. The van der Waals surface area contributed by atoms with E-state index < -0.39 is 0 Å². The van der Waals surface area contributed by atoms with Crippen molar-refractivity contribution in [2.24, 2.45) is 11.8 Å². The van der Waals surface area contributed by atoms with E-state index >= 15 is 0 Å². The Hall–Kier alpha value is -1.73. The van der Waals surface area contributed by atoms with Crippen LogP contribution in [0.15, 0.2) is 16.9 Å². The molecule has 1 aliphatic carbocycles. The molecule has 3 rings (SSSR count). The first kappa shape index (κ1) is 17.1. The highest BCUT2D eigenvalue weighted by molar-refractivity contribution is 5.76. The number of nitrogens with one attached hydrogen (secondary N) is 3. The molecular weight excluding hydrogens is 308 g/mol. The number of aliphatic hydroxyl groups is 1. The van der Waals surface area contributed by atoms with E-state index in [9.17, 15) is 14.7 Å². The van der Waals surface area contributed by atoms with Crippen LogP contribution in [-0.2, 0) is 11.2 Å². The molecule has 4 N–H and O–H groups in total. The first-order chi connectivity index (χ1) is 11.6. The summed E-state index contributed by atoms with van der Waals surface area (Å²) in [6.07, 6.45) is 4.37. The summed E-state index contributed by atoms with van der Waals surface area (Å²) in [5, 5.41) is 22.5. The summed E-state index contributed by atoms with van der Waals surface area (Å²) in [6.45, 7) is 1.99. The molecule has 7 nitrogen and oxygen atoms in total. The largest absolute Gasteiger partial charge is 0.393 e. The van der Waals surface area contributed by atoms with Crippen molar-refractivity contribution in [1.82, 2.24) is 20.8 Å². The van der Waals surface area contributed by atoms with Gasteiger partial charge in [-0.1, -0.05) is 0 Å². The molecule has 1 aliphatic heterocycles. The fourth-order valence-electron chi connectivity index (χ4n) is 3.76. The lowest BCUT2D eigenvalue weighted by Crippen LogP contribution is -2.52. The lowest BCUT2D eigenvalue weighted by atomic mass is 9.71. The number of carbonyl (C=O) groups excluding carboxylic acids is 1. The highest BCUT2D eigenvalue weighted by Crippen LogP contribution is 2.35. The number of H-pyrrole nitrogens is 1. The van der Waals surface area contributed by atoms with Crippen LogP contribution < -0.4 is 16.2 Å². The number of hydrogen-bond acceptors (Lipinski definition) is 5.